The van der Waals surface area contributed by atoms with Gasteiger partial charge in [0.1, 0.15) is 11.8 Å². The highest BCUT2D eigenvalue weighted by Crippen LogP contribution is 2.38. The zero-order chi connectivity index (χ0) is 21.3. The number of anilines is 2. The van der Waals surface area contributed by atoms with Crippen molar-refractivity contribution in [2.24, 2.45) is 0 Å². The summed E-state index contributed by atoms with van der Waals surface area (Å²) in [6.45, 7) is 3.96. The van der Waals surface area contributed by atoms with Crippen molar-refractivity contribution in [3.05, 3.63) is 80.7 Å². The number of halogens is 1. The minimum Gasteiger partial charge on any atom is -0.431 e. The summed E-state index contributed by atoms with van der Waals surface area (Å²) in [5, 5.41) is 15.7. The fourth-order valence-electron chi connectivity index (χ4n) is 2.95. The van der Waals surface area contributed by atoms with Gasteiger partial charge in [-0.25, -0.2) is 4.98 Å². The number of benzene rings is 2. The van der Waals surface area contributed by atoms with Crippen LogP contribution in [-0.4, -0.2) is 19.9 Å². The molecule has 8 nitrogen and oxygen atoms in total. The van der Waals surface area contributed by atoms with Gasteiger partial charge in [-0.05, 0) is 55.3 Å². The molecule has 0 aliphatic heterocycles. The summed E-state index contributed by atoms with van der Waals surface area (Å²) >= 11 is 3.47. The van der Waals surface area contributed by atoms with Gasteiger partial charge < -0.3 is 10.1 Å². The zero-order valence-corrected chi connectivity index (χ0v) is 17.7. The van der Waals surface area contributed by atoms with Crippen LogP contribution in [-0.2, 0) is 0 Å². The highest BCUT2D eigenvalue weighted by Gasteiger charge is 2.26. The third kappa shape index (κ3) is 3.79. The Morgan fingerprint density at radius 3 is 2.67 bits per heavy atom. The molecule has 2 aromatic carbocycles. The number of fused-ring (bicyclic) bond motifs is 1. The lowest BCUT2D eigenvalue weighted by Gasteiger charge is -2.11. The van der Waals surface area contributed by atoms with Crippen molar-refractivity contribution in [3.63, 3.8) is 0 Å². The van der Waals surface area contributed by atoms with Gasteiger partial charge in [-0.3, -0.25) is 15.1 Å². The zero-order valence-electron chi connectivity index (χ0n) is 16.1. The van der Waals surface area contributed by atoms with E-state index in [-0.39, 0.29) is 17.4 Å². The molecule has 150 valence electrons. The monoisotopic (exact) mass is 465 g/mol. The first-order valence-corrected chi connectivity index (χ1v) is 9.78. The van der Waals surface area contributed by atoms with Gasteiger partial charge in [0.25, 0.3) is 0 Å². The van der Waals surface area contributed by atoms with E-state index in [0.29, 0.717) is 17.0 Å². The van der Waals surface area contributed by atoms with Crippen LogP contribution in [0.1, 0.15) is 11.1 Å². The molecule has 1 N–H and O–H groups in total. The van der Waals surface area contributed by atoms with Gasteiger partial charge in [-0.15, -0.1) is 0 Å². The van der Waals surface area contributed by atoms with E-state index in [1.807, 2.05) is 38.1 Å². The van der Waals surface area contributed by atoms with Crippen LogP contribution >= 0.6 is 15.9 Å². The molecular weight excluding hydrogens is 450 g/mol. The van der Waals surface area contributed by atoms with Crippen molar-refractivity contribution >= 4 is 44.0 Å². The van der Waals surface area contributed by atoms with Crippen LogP contribution in [0.4, 0.5) is 17.2 Å². The molecule has 0 bridgehead atoms. The molecule has 0 spiro atoms. The van der Waals surface area contributed by atoms with E-state index < -0.39 is 4.92 Å². The van der Waals surface area contributed by atoms with Crippen LogP contribution < -0.4 is 10.1 Å². The number of nitrogens with one attached hydrogen (secondary N) is 1. The normalized spacial score (nSPS) is 10.8. The number of hydrogen-bond donors (Lipinski definition) is 1. The third-order valence-electron chi connectivity index (χ3n) is 4.63. The predicted molar refractivity (Wildman–Crippen MR) is 117 cm³/mol. The molecule has 0 unspecified atom stereocenters. The molecule has 9 heteroatoms. The molecule has 2 aromatic heterocycles. The maximum absolute atomic E-state index is 11.8. The number of pyridine rings is 1. The molecule has 0 saturated carbocycles. The standard InChI is InChI=1S/C21H16BrN5O3/c1-12-5-6-14(10-13(12)2)26-20-19(27(28)29)21(25-11-24-20)30-17-8-7-16(22)15-4-3-9-23-18(15)17/h3-11H,1-2H3,(H,24,25,26). The predicted octanol–water partition coefficient (Wildman–Crippen LogP) is 5.85. The Labute approximate surface area is 180 Å². The first-order chi connectivity index (χ1) is 14.4. The number of aryl methyl sites for hydroxylation is 2. The summed E-state index contributed by atoms with van der Waals surface area (Å²) in [5.74, 6) is 0.228. The lowest BCUT2D eigenvalue weighted by Crippen LogP contribution is -2.04. The van der Waals surface area contributed by atoms with Crippen molar-refractivity contribution in [1.29, 1.82) is 0 Å². The van der Waals surface area contributed by atoms with Crippen molar-refractivity contribution in [2.75, 3.05) is 5.32 Å². The largest absolute Gasteiger partial charge is 0.431 e. The number of aromatic nitrogens is 3. The Hall–Kier alpha value is -3.59. The summed E-state index contributed by atoms with van der Waals surface area (Å²) in [4.78, 5) is 23.7. The van der Waals surface area contributed by atoms with Gasteiger partial charge >= 0.3 is 11.6 Å². The summed E-state index contributed by atoms with van der Waals surface area (Å²) in [6, 6.07) is 12.8. The third-order valence-corrected chi connectivity index (χ3v) is 5.32. The van der Waals surface area contributed by atoms with Crippen LogP contribution in [0.5, 0.6) is 11.6 Å². The summed E-state index contributed by atoms with van der Waals surface area (Å²) in [7, 11) is 0. The molecule has 0 fully saturated rings. The number of nitrogens with zero attached hydrogens (tertiary/aromatic N) is 4. The Morgan fingerprint density at radius 1 is 1.07 bits per heavy atom. The highest BCUT2D eigenvalue weighted by molar-refractivity contribution is 9.10. The Balaban J connectivity index is 1.76. The molecule has 0 radical (unpaired) electrons. The topological polar surface area (TPSA) is 103 Å². The van der Waals surface area contributed by atoms with E-state index >= 15 is 0 Å². The second-order valence-corrected chi connectivity index (χ2v) is 7.46. The Kier molecular flexibility index (Phi) is 5.28. The van der Waals surface area contributed by atoms with Gasteiger partial charge in [-0.2, -0.15) is 4.98 Å². The van der Waals surface area contributed by atoms with Gasteiger partial charge in [0.15, 0.2) is 5.75 Å². The molecule has 2 heterocycles. The molecule has 0 aliphatic rings. The van der Waals surface area contributed by atoms with E-state index in [9.17, 15) is 10.1 Å². The van der Waals surface area contributed by atoms with Gasteiger partial charge in [0.2, 0.25) is 5.82 Å². The van der Waals surface area contributed by atoms with Crippen molar-refractivity contribution in [1.82, 2.24) is 15.0 Å². The molecule has 4 rings (SSSR count). The summed E-state index contributed by atoms with van der Waals surface area (Å²) < 4.78 is 6.68. The van der Waals surface area contributed by atoms with E-state index in [1.54, 1.807) is 24.4 Å². The van der Waals surface area contributed by atoms with Gasteiger partial charge in [0, 0.05) is 21.7 Å². The van der Waals surface area contributed by atoms with E-state index in [0.717, 1.165) is 21.0 Å². The smallest absolute Gasteiger partial charge is 0.373 e. The first-order valence-electron chi connectivity index (χ1n) is 8.99. The molecule has 0 atom stereocenters. The minimum absolute atomic E-state index is 0.0441. The highest BCUT2D eigenvalue weighted by atomic mass is 79.9. The summed E-state index contributed by atoms with van der Waals surface area (Å²) in [5.41, 5.74) is 3.06. The molecular formula is C21H16BrN5O3. The van der Waals surface area contributed by atoms with Crippen molar-refractivity contribution in [3.8, 4) is 11.6 Å². The molecule has 4 aromatic rings. The fraction of sp³-hybridized carbons (Fsp3) is 0.0952. The van der Waals surface area contributed by atoms with E-state index in [2.05, 4.69) is 36.2 Å². The molecule has 30 heavy (non-hydrogen) atoms. The van der Waals surface area contributed by atoms with Crippen LogP contribution in [0.15, 0.2) is 59.5 Å². The average Bonchev–Trinajstić information content (AvgIpc) is 2.73. The fourth-order valence-corrected chi connectivity index (χ4v) is 3.40. The second-order valence-electron chi connectivity index (χ2n) is 6.60. The van der Waals surface area contributed by atoms with E-state index in [1.165, 1.54) is 6.33 Å². The molecule has 0 amide bonds. The van der Waals surface area contributed by atoms with Gasteiger partial charge in [0.05, 0.1) is 4.92 Å². The first kappa shape index (κ1) is 19.7. The van der Waals surface area contributed by atoms with Crippen LogP contribution in [0.25, 0.3) is 10.9 Å². The minimum atomic E-state index is -0.562. The van der Waals surface area contributed by atoms with Crippen LogP contribution in [0.2, 0.25) is 0 Å². The number of nitro groups is 1. The summed E-state index contributed by atoms with van der Waals surface area (Å²) in [6.07, 6.45) is 2.85. The molecule has 0 aliphatic carbocycles. The maximum atomic E-state index is 11.8. The number of hydrogen-bond acceptors (Lipinski definition) is 7. The Bertz CT molecular complexity index is 1280. The lowest BCUT2D eigenvalue weighted by atomic mass is 10.1. The van der Waals surface area contributed by atoms with Crippen LogP contribution in [0, 0.1) is 24.0 Å². The van der Waals surface area contributed by atoms with Gasteiger partial charge in [-0.1, -0.05) is 28.1 Å². The van der Waals surface area contributed by atoms with Crippen LogP contribution in [0.3, 0.4) is 0 Å². The number of ether oxygens (including phenoxy) is 1. The van der Waals surface area contributed by atoms with E-state index in [4.69, 9.17) is 4.74 Å². The second kappa shape index (κ2) is 8.03. The maximum Gasteiger partial charge on any atom is 0.373 e. The van der Waals surface area contributed by atoms with Crippen molar-refractivity contribution in [2.45, 2.75) is 13.8 Å². The Morgan fingerprint density at radius 2 is 1.90 bits per heavy atom. The molecule has 0 saturated heterocycles. The SMILES string of the molecule is Cc1ccc(Nc2ncnc(Oc3ccc(Br)c4cccnc34)c2[N+](=O)[O-])cc1C. The average molecular weight is 466 g/mol. The quantitative estimate of drug-likeness (QED) is 0.291. The lowest BCUT2D eigenvalue weighted by molar-refractivity contribution is -0.385. The number of rotatable bonds is 5. The van der Waals surface area contributed by atoms with Crippen molar-refractivity contribution < 1.29 is 9.66 Å².